The van der Waals surface area contributed by atoms with Crippen molar-refractivity contribution in [1.29, 1.82) is 0 Å². The van der Waals surface area contributed by atoms with E-state index >= 15 is 0 Å². The Morgan fingerprint density at radius 1 is 0.902 bits per heavy atom. The Labute approximate surface area is 237 Å². The van der Waals surface area contributed by atoms with Crippen LogP contribution in [0.1, 0.15) is 29.7 Å². The second-order valence-corrected chi connectivity index (χ2v) is 9.53. The molecule has 2 heterocycles. The number of benzene rings is 3. The highest BCUT2D eigenvalue weighted by atomic mass is 16.5. The smallest absolute Gasteiger partial charge is 0.295 e. The number of Topliss-reactive ketones (excluding diaryl/α,β-unsaturated/α-hetero) is 1. The molecule has 1 unspecified atom stereocenters. The zero-order valence-electron chi connectivity index (χ0n) is 23.4. The lowest BCUT2D eigenvalue weighted by Gasteiger charge is -2.27. The number of likely N-dealkylation sites (tertiary alicyclic amines) is 1. The molecule has 4 aromatic rings. The Bertz CT molecular complexity index is 1620. The molecule has 212 valence electrons. The van der Waals surface area contributed by atoms with Crippen LogP contribution in [-0.4, -0.2) is 61.2 Å². The lowest BCUT2D eigenvalue weighted by Crippen LogP contribution is -2.31. The molecule has 0 aliphatic carbocycles. The average Bonchev–Trinajstić information content (AvgIpc) is 3.52. The summed E-state index contributed by atoms with van der Waals surface area (Å²) >= 11 is 0. The molecule has 41 heavy (non-hydrogen) atoms. The van der Waals surface area contributed by atoms with Crippen LogP contribution in [0.15, 0.2) is 72.4 Å². The second kappa shape index (κ2) is 11.7. The van der Waals surface area contributed by atoms with E-state index in [0.29, 0.717) is 41.4 Å². The molecule has 1 amide bonds. The van der Waals surface area contributed by atoms with Gasteiger partial charge in [0.2, 0.25) is 0 Å². The van der Waals surface area contributed by atoms with Crippen LogP contribution >= 0.6 is 0 Å². The Balaban J connectivity index is 1.60. The number of aromatic amines is 1. The number of nitrogens with zero attached hydrogens (tertiary/aromatic N) is 1. The Morgan fingerprint density at radius 2 is 1.59 bits per heavy atom. The zero-order valence-corrected chi connectivity index (χ0v) is 23.4. The average molecular weight is 557 g/mol. The summed E-state index contributed by atoms with van der Waals surface area (Å²) in [5.74, 6) is 0.576. The minimum Gasteiger partial charge on any atom is -0.507 e. The van der Waals surface area contributed by atoms with Gasteiger partial charge in [0, 0.05) is 34.8 Å². The maximum atomic E-state index is 13.6. The number of fused-ring (bicyclic) bond motifs is 1. The van der Waals surface area contributed by atoms with Crippen LogP contribution in [-0.2, 0) is 16.0 Å². The molecular weight excluding hydrogens is 524 g/mol. The van der Waals surface area contributed by atoms with Crippen molar-refractivity contribution in [2.75, 3.05) is 34.5 Å². The highest BCUT2D eigenvalue weighted by Gasteiger charge is 2.47. The quantitative estimate of drug-likeness (QED) is 0.156. The summed E-state index contributed by atoms with van der Waals surface area (Å²) in [4.78, 5) is 31.9. The second-order valence-electron chi connectivity index (χ2n) is 9.53. The highest BCUT2D eigenvalue weighted by molar-refractivity contribution is 6.46. The normalized spacial score (nSPS) is 16.3. The SMILES string of the molecule is CCOc1ccc(/C(O)=C2/C(=O)C(=O)N(CCc3c[nH]c4ccc(OC)cc34)C2c2cc(OC)ccc2OC)cc1. The first-order chi connectivity index (χ1) is 19.9. The first-order valence-corrected chi connectivity index (χ1v) is 13.3. The topological polar surface area (TPSA) is 110 Å². The number of nitrogens with one attached hydrogen (secondary N) is 1. The van der Waals surface area contributed by atoms with Gasteiger partial charge in [-0.2, -0.15) is 0 Å². The third-order valence-corrected chi connectivity index (χ3v) is 7.31. The summed E-state index contributed by atoms with van der Waals surface area (Å²) in [5, 5.41) is 12.4. The largest absolute Gasteiger partial charge is 0.507 e. The van der Waals surface area contributed by atoms with E-state index in [9.17, 15) is 14.7 Å². The predicted octanol–water partition coefficient (Wildman–Crippen LogP) is 5.26. The van der Waals surface area contributed by atoms with Gasteiger partial charge < -0.3 is 33.9 Å². The van der Waals surface area contributed by atoms with Crippen LogP contribution in [0.4, 0.5) is 0 Å². The van der Waals surface area contributed by atoms with Gasteiger partial charge in [-0.05, 0) is 79.6 Å². The van der Waals surface area contributed by atoms with Crippen molar-refractivity contribution in [2.24, 2.45) is 0 Å². The van der Waals surface area contributed by atoms with Crippen LogP contribution in [0.25, 0.3) is 16.7 Å². The molecule has 1 aliphatic heterocycles. The third kappa shape index (κ3) is 5.18. The number of methoxy groups -OCH3 is 3. The lowest BCUT2D eigenvalue weighted by atomic mass is 9.94. The van der Waals surface area contributed by atoms with E-state index in [4.69, 9.17) is 18.9 Å². The van der Waals surface area contributed by atoms with Gasteiger partial charge >= 0.3 is 0 Å². The summed E-state index contributed by atoms with van der Waals surface area (Å²) in [6, 6.07) is 16.7. The van der Waals surface area contributed by atoms with E-state index in [2.05, 4.69) is 4.98 Å². The van der Waals surface area contributed by atoms with Gasteiger partial charge in [-0.3, -0.25) is 9.59 Å². The number of aliphatic hydroxyl groups is 1. The third-order valence-electron chi connectivity index (χ3n) is 7.31. The molecule has 0 radical (unpaired) electrons. The van der Waals surface area contributed by atoms with Gasteiger partial charge in [0.25, 0.3) is 11.7 Å². The van der Waals surface area contributed by atoms with E-state index in [-0.39, 0.29) is 17.9 Å². The summed E-state index contributed by atoms with van der Waals surface area (Å²) in [6.07, 6.45) is 2.34. The van der Waals surface area contributed by atoms with Crippen LogP contribution in [0.2, 0.25) is 0 Å². The van der Waals surface area contributed by atoms with Gasteiger partial charge in [0.1, 0.15) is 28.8 Å². The molecule has 0 bridgehead atoms. The number of aromatic nitrogens is 1. The number of hydrogen-bond acceptors (Lipinski definition) is 7. The standard InChI is InChI=1S/C32H32N2O7/c1-5-41-21-8-6-19(7-9-21)30(35)28-29(25-17-23(39-3)11-13-27(25)40-4)34(32(37)31(28)36)15-14-20-18-33-26-12-10-22(38-2)16-24(20)26/h6-13,16-18,29,33,35H,5,14-15H2,1-4H3/b30-28-. The number of ketones is 1. The van der Waals surface area contributed by atoms with Gasteiger partial charge in [0.15, 0.2) is 0 Å². The first-order valence-electron chi connectivity index (χ1n) is 13.3. The Morgan fingerprint density at radius 3 is 2.27 bits per heavy atom. The van der Waals surface area contributed by atoms with Crippen molar-refractivity contribution >= 4 is 28.4 Å². The summed E-state index contributed by atoms with van der Waals surface area (Å²) in [7, 11) is 4.66. The monoisotopic (exact) mass is 556 g/mol. The van der Waals surface area contributed by atoms with Gasteiger partial charge in [-0.15, -0.1) is 0 Å². The molecule has 1 saturated heterocycles. The Kier molecular flexibility index (Phi) is 7.87. The maximum Gasteiger partial charge on any atom is 0.295 e. The number of carbonyl (C=O) groups excluding carboxylic acids is 2. The summed E-state index contributed by atoms with van der Waals surface area (Å²) in [6.45, 7) is 2.58. The van der Waals surface area contributed by atoms with Gasteiger partial charge in [-0.25, -0.2) is 0 Å². The van der Waals surface area contributed by atoms with Crippen molar-refractivity contribution in [3.8, 4) is 23.0 Å². The van der Waals surface area contributed by atoms with Gasteiger partial charge in [-0.1, -0.05) is 0 Å². The minimum atomic E-state index is -0.911. The molecule has 2 N–H and O–H groups in total. The number of rotatable bonds is 10. The Hall–Kier alpha value is -4.92. The van der Waals surface area contributed by atoms with Crippen molar-refractivity contribution in [3.63, 3.8) is 0 Å². The zero-order chi connectivity index (χ0) is 29.1. The van der Waals surface area contributed by atoms with E-state index in [0.717, 1.165) is 22.2 Å². The molecule has 3 aromatic carbocycles. The molecule has 1 aromatic heterocycles. The number of aliphatic hydroxyl groups excluding tert-OH is 1. The summed E-state index contributed by atoms with van der Waals surface area (Å²) in [5.41, 5.74) is 2.79. The van der Waals surface area contributed by atoms with Crippen molar-refractivity contribution in [2.45, 2.75) is 19.4 Å². The fourth-order valence-electron chi connectivity index (χ4n) is 5.25. The summed E-state index contributed by atoms with van der Waals surface area (Å²) < 4.78 is 22.0. The fourth-order valence-corrected chi connectivity index (χ4v) is 5.25. The molecule has 0 saturated carbocycles. The van der Waals surface area contributed by atoms with E-state index < -0.39 is 17.7 Å². The number of H-pyrrole nitrogens is 1. The molecular formula is C32H32N2O7. The number of ether oxygens (including phenoxy) is 4. The number of carbonyl (C=O) groups is 2. The van der Waals surface area contributed by atoms with Crippen LogP contribution in [0.5, 0.6) is 23.0 Å². The van der Waals surface area contributed by atoms with E-state index in [1.807, 2.05) is 31.3 Å². The molecule has 1 aliphatic rings. The van der Waals surface area contributed by atoms with Gasteiger partial charge in [0.05, 0.1) is 39.6 Å². The van der Waals surface area contributed by atoms with E-state index in [1.165, 1.54) is 19.1 Å². The molecule has 9 heteroatoms. The van der Waals surface area contributed by atoms with E-state index in [1.54, 1.807) is 49.6 Å². The van der Waals surface area contributed by atoms with Crippen molar-refractivity contribution in [3.05, 3.63) is 89.1 Å². The maximum absolute atomic E-state index is 13.6. The number of amides is 1. The molecule has 5 rings (SSSR count). The molecule has 0 spiro atoms. The highest BCUT2D eigenvalue weighted by Crippen LogP contribution is 2.44. The minimum absolute atomic E-state index is 0.0219. The fraction of sp³-hybridized carbons (Fsp3) is 0.250. The van der Waals surface area contributed by atoms with Crippen LogP contribution in [0, 0.1) is 0 Å². The number of hydrogen-bond donors (Lipinski definition) is 2. The lowest BCUT2D eigenvalue weighted by molar-refractivity contribution is -0.139. The molecule has 1 fully saturated rings. The first kappa shape index (κ1) is 27.6. The molecule has 1 atom stereocenters. The molecule has 9 nitrogen and oxygen atoms in total. The van der Waals surface area contributed by atoms with Crippen molar-refractivity contribution < 1.29 is 33.6 Å². The van der Waals surface area contributed by atoms with Crippen molar-refractivity contribution in [1.82, 2.24) is 9.88 Å². The van der Waals surface area contributed by atoms with Crippen LogP contribution in [0.3, 0.4) is 0 Å². The predicted molar refractivity (Wildman–Crippen MR) is 155 cm³/mol. The van der Waals surface area contributed by atoms with Crippen LogP contribution < -0.4 is 18.9 Å².